The molecule has 0 radical (unpaired) electrons. The van der Waals surface area contributed by atoms with E-state index in [9.17, 15) is 0 Å². The molecule has 2 aromatic rings. The second-order valence-electron chi connectivity index (χ2n) is 4.04. The van der Waals surface area contributed by atoms with Crippen LogP contribution in [0.4, 0.5) is 0 Å². The van der Waals surface area contributed by atoms with Crippen molar-refractivity contribution >= 4 is 6.08 Å². The molecule has 90 valence electrons. The van der Waals surface area contributed by atoms with E-state index in [2.05, 4.69) is 17.6 Å². The van der Waals surface area contributed by atoms with Crippen LogP contribution < -0.4 is 15.1 Å². The van der Waals surface area contributed by atoms with E-state index in [0.29, 0.717) is 0 Å². The minimum atomic E-state index is 0.837. The van der Waals surface area contributed by atoms with Crippen LogP contribution in [0.5, 0.6) is 11.5 Å². The molecule has 1 aliphatic rings. The number of fused-ring (bicyclic) bond motifs is 1. The monoisotopic (exact) mass is 239 g/mol. The number of hydroxylamine groups is 1. The lowest BCUT2D eigenvalue weighted by Crippen LogP contribution is -2.14. The highest BCUT2D eigenvalue weighted by atomic mass is 16.6. The predicted octanol–water partition coefficient (Wildman–Crippen LogP) is 3.23. The Labute approximate surface area is 106 Å². The average Bonchev–Trinajstić information content (AvgIpc) is 2.47. The molecule has 0 spiro atoms. The molecule has 3 rings (SSSR count). The highest BCUT2D eigenvalue weighted by Gasteiger charge is 2.07. The van der Waals surface area contributed by atoms with Crippen LogP contribution in [0.3, 0.4) is 0 Å². The molecule has 0 saturated heterocycles. The van der Waals surface area contributed by atoms with Crippen molar-refractivity contribution in [1.82, 2.24) is 5.48 Å². The average molecular weight is 239 g/mol. The van der Waals surface area contributed by atoms with Gasteiger partial charge in [-0.1, -0.05) is 18.2 Å². The van der Waals surface area contributed by atoms with Crippen LogP contribution in [0.25, 0.3) is 17.2 Å². The van der Waals surface area contributed by atoms with Gasteiger partial charge in [0.25, 0.3) is 0 Å². The number of ether oxygens (including phenoxy) is 1. The van der Waals surface area contributed by atoms with Gasteiger partial charge >= 0.3 is 0 Å². The van der Waals surface area contributed by atoms with Crippen molar-refractivity contribution in [3.63, 3.8) is 0 Å². The summed E-state index contributed by atoms with van der Waals surface area (Å²) in [5.74, 6) is 1.70. The summed E-state index contributed by atoms with van der Waals surface area (Å²) < 4.78 is 5.24. The third-order valence-corrected chi connectivity index (χ3v) is 2.91. The van der Waals surface area contributed by atoms with Crippen LogP contribution in [-0.2, 0) is 0 Å². The standard InChI is InChI=1S/C15H13NO2/c1-17-14-4-2-3-11(10-14)12-5-6-15-13(9-12)7-8-16-18-15/h2-10,16H,1H3. The maximum absolute atomic E-state index is 5.30. The van der Waals surface area contributed by atoms with E-state index < -0.39 is 0 Å². The zero-order chi connectivity index (χ0) is 12.4. The van der Waals surface area contributed by atoms with Crippen molar-refractivity contribution in [2.75, 3.05) is 7.11 Å². The van der Waals surface area contributed by atoms with Crippen molar-refractivity contribution in [3.8, 4) is 22.6 Å². The molecule has 0 fully saturated rings. The SMILES string of the molecule is COc1cccc(-c2ccc3c(c2)C=CNO3)c1. The molecule has 18 heavy (non-hydrogen) atoms. The highest BCUT2D eigenvalue weighted by Crippen LogP contribution is 2.30. The quantitative estimate of drug-likeness (QED) is 0.872. The fourth-order valence-corrected chi connectivity index (χ4v) is 1.98. The summed E-state index contributed by atoms with van der Waals surface area (Å²) in [6, 6.07) is 14.1. The van der Waals surface area contributed by atoms with Gasteiger partial charge in [-0.05, 0) is 41.5 Å². The molecular weight excluding hydrogens is 226 g/mol. The van der Waals surface area contributed by atoms with E-state index in [0.717, 1.165) is 28.2 Å². The van der Waals surface area contributed by atoms with Gasteiger partial charge in [0.15, 0.2) is 5.75 Å². The van der Waals surface area contributed by atoms with E-state index in [1.165, 1.54) is 0 Å². The molecule has 0 atom stereocenters. The summed E-state index contributed by atoms with van der Waals surface area (Å²) in [7, 11) is 1.67. The van der Waals surface area contributed by atoms with Crippen molar-refractivity contribution in [3.05, 3.63) is 54.2 Å². The van der Waals surface area contributed by atoms with E-state index >= 15 is 0 Å². The number of hydrogen-bond acceptors (Lipinski definition) is 3. The maximum atomic E-state index is 5.30. The van der Waals surface area contributed by atoms with Crippen LogP contribution in [0.1, 0.15) is 5.56 Å². The molecule has 0 aromatic heterocycles. The van der Waals surface area contributed by atoms with Crippen molar-refractivity contribution in [1.29, 1.82) is 0 Å². The summed E-state index contributed by atoms with van der Waals surface area (Å²) in [5.41, 5.74) is 6.05. The minimum absolute atomic E-state index is 0.837. The van der Waals surface area contributed by atoms with Gasteiger partial charge in [0, 0.05) is 11.8 Å². The molecule has 0 saturated carbocycles. The predicted molar refractivity (Wildman–Crippen MR) is 71.2 cm³/mol. The van der Waals surface area contributed by atoms with E-state index in [1.807, 2.05) is 36.4 Å². The first-order valence-electron chi connectivity index (χ1n) is 5.74. The van der Waals surface area contributed by atoms with E-state index in [4.69, 9.17) is 9.57 Å². The van der Waals surface area contributed by atoms with E-state index in [-0.39, 0.29) is 0 Å². The largest absolute Gasteiger partial charge is 0.497 e. The lowest BCUT2D eigenvalue weighted by Gasteiger charge is -2.14. The van der Waals surface area contributed by atoms with Crippen LogP contribution in [0.15, 0.2) is 48.7 Å². The van der Waals surface area contributed by atoms with Crippen LogP contribution in [0, 0.1) is 0 Å². The summed E-state index contributed by atoms with van der Waals surface area (Å²) >= 11 is 0. The first kappa shape index (κ1) is 10.7. The first-order valence-corrected chi connectivity index (χ1v) is 5.74. The van der Waals surface area contributed by atoms with Gasteiger partial charge in [0.2, 0.25) is 0 Å². The zero-order valence-corrected chi connectivity index (χ0v) is 10.0. The molecule has 3 heteroatoms. The fourth-order valence-electron chi connectivity index (χ4n) is 1.98. The molecule has 3 nitrogen and oxygen atoms in total. The van der Waals surface area contributed by atoms with Crippen LogP contribution >= 0.6 is 0 Å². The maximum Gasteiger partial charge on any atom is 0.162 e. The van der Waals surface area contributed by atoms with Gasteiger partial charge in [-0.3, -0.25) is 0 Å². The molecule has 2 aromatic carbocycles. The topological polar surface area (TPSA) is 30.5 Å². The van der Waals surface area contributed by atoms with Gasteiger partial charge in [0.1, 0.15) is 5.75 Å². The molecular formula is C15H13NO2. The number of benzene rings is 2. The number of methoxy groups -OCH3 is 1. The number of hydrogen-bond donors (Lipinski definition) is 1. The summed E-state index contributed by atoms with van der Waals surface area (Å²) in [6.07, 6.45) is 3.76. The summed E-state index contributed by atoms with van der Waals surface area (Å²) in [4.78, 5) is 5.30. The summed E-state index contributed by atoms with van der Waals surface area (Å²) in [6.45, 7) is 0. The molecule has 0 aliphatic carbocycles. The molecule has 0 bridgehead atoms. The summed E-state index contributed by atoms with van der Waals surface area (Å²) in [5, 5.41) is 0. The molecule has 1 heterocycles. The molecule has 1 aliphatic heterocycles. The van der Waals surface area contributed by atoms with Gasteiger partial charge in [0.05, 0.1) is 7.11 Å². The Morgan fingerprint density at radius 1 is 1.06 bits per heavy atom. The third kappa shape index (κ3) is 1.91. The van der Waals surface area contributed by atoms with Crippen LogP contribution in [0.2, 0.25) is 0 Å². The first-order chi connectivity index (χ1) is 8.86. The Bertz CT molecular complexity index is 605. The number of nitrogens with one attached hydrogen (secondary N) is 1. The molecule has 0 amide bonds. The van der Waals surface area contributed by atoms with Gasteiger partial charge < -0.3 is 9.57 Å². The van der Waals surface area contributed by atoms with Gasteiger partial charge in [-0.25, -0.2) is 5.48 Å². The second kappa shape index (κ2) is 4.45. The molecule has 0 unspecified atom stereocenters. The van der Waals surface area contributed by atoms with Crippen molar-refractivity contribution < 1.29 is 9.57 Å². The normalized spacial score (nSPS) is 12.3. The van der Waals surface area contributed by atoms with Gasteiger partial charge in [-0.15, -0.1) is 0 Å². The lowest BCUT2D eigenvalue weighted by atomic mass is 10.0. The Hall–Kier alpha value is -2.42. The number of rotatable bonds is 2. The van der Waals surface area contributed by atoms with Crippen molar-refractivity contribution in [2.45, 2.75) is 0 Å². The fraction of sp³-hybridized carbons (Fsp3) is 0.0667. The Morgan fingerprint density at radius 3 is 2.83 bits per heavy atom. The van der Waals surface area contributed by atoms with Crippen molar-refractivity contribution in [2.24, 2.45) is 0 Å². The van der Waals surface area contributed by atoms with E-state index in [1.54, 1.807) is 13.3 Å². The Morgan fingerprint density at radius 2 is 1.94 bits per heavy atom. The Kier molecular flexibility index (Phi) is 2.65. The van der Waals surface area contributed by atoms with Crippen LogP contribution in [-0.4, -0.2) is 7.11 Å². The third-order valence-electron chi connectivity index (χ3n) is 2.91. The Balaban J connectivity index is 2.04. The zero-order valence-electron chi connectivity index (χ0n) is 10.0. The second-order valence-corrected chi connectivity index (χ2v) is 4.04. The highest BCUT2D eigenvalue weighted by molar-refractivity contribution is 5.71. The smallest absolute Gasteiger partial charge is 0.162 e. The lowest BCUT2D eigenvalue weighted by molar-refractivity contribution is 0.239. The minimum Gasteiger partial charge on any atom is -0.497 e. The van der Waals surface area contributed by atoms with Gasteiger partial charge in [-0.2, -0.15) is 0 Å². The molecule has 1 N–H and O–H groups in total.